The van der Waals surface area contributed by atoms with E-state index in [4.69, 9.17) is 4.74 Å². The molecule has 5 nitrogen and oxygen atoms in total. The first-order valence-electron chi connectivity index (χ1n) is 8.19. The van der Waals surface area contributed by atoms with E-state index < -0.39 is 11.8 Å². The number of anilines is 1. The minimum atomic E-state index is -0.577. The lowest BCUT2D eigenvalue weighted by atomic mass is 10.0. The number of benzene rings is 2. The maximum Gasteiger partial charge on any atom is 0.319 e. The molecule has 0 unspecified atom stereocenters. The summed E-state index contributed by atoms with van der Waals surface area (Å²) < 4.78 is 19.5. The lowest BCUT2D eigenvalue weighted by Gasteiger charge is -2.19. The van der Waals surface area contributed by atoms with Gasteiger partial charge in [-0.1, -0.05) is 30.3 Å². The van der Waals surface area contributed by atoms with Gasteiger partial charge in [0, 0.05) is 12.7 Å². The van der Waals surface area contributed by atoms with E-state index in [0.717, 1.165) is 5.56 Å². The summed E-state index contributed by atoms with van der Waals surface area (Å²) in [6.45, 7) is 3.63. The van der Waals surface area contributed by atoms with Crippen molar-refractivity contribution < 1.29 is 19.0 Å². The Balaban J connectivity index is 2.03. The molecule has 2 amide bonds. The van der Waals surface area contributed by atoms with Crippen LogP contribution >= 0.6 is 0 Å². The average molecular weight is 346 g/mol. The molecule has 6 heteroatoms. The largest absolute Gasteiger partial charge is 0.491 e. The van der Waals surface area contributed by atoms with Crippen LogP contribution in [0, 0.1) is 5.82 Å². The number of hydrogen-bond acceptors (Lipinski definition) is 3. The highest BCUT2D eigenvalue weighted by molar-refractivity contribution is 5.89. The van der Waals surface area contributed by atoms with E-state index in [0.29, 0.717) is 12.2 Å². The maximum atomic E-state index is 14.1. The third-order valence-electron chi connectivity index (χ3n) is 3.49. The number of rotatable bonds is 7. The van der Waals surface area contributed by atoms with Crippen LogP contribution in [0.1, 0.15) is 31.9 Å². The Kier molecular flexibility index (Phi) is 6.77. The third-order valence-corrected chi connectivity index (χ3v) is 3.49. The average Bonchev–Trinajstić information content (AvgIpc) is 2.57. The van der Waals surface area contributed by atoms with Gasteiger partial charge in [0.15, 0.2) is 0 Å². The molecule has 2 rings (SSSR count). The Morgan fingerprint density at radius 1 is 1.20 bits per heavy atom. The molecular weight excluding hydrogens is 323 g/mol. The second kappa shape index (κ2) is 9.03. The van der Waals surface area contributed by atoms with Crippen LogP contribution < -0.4 is 15.4 Å². The number of urea groups is 1. The zero-order chi connectivity index (χ0) is 18.2. The van der Waals surface area contributed by atoms with E-state index >= 15 is 0 Å². The predicted octanol–water partition coefficient (Wildman–Crippen LogP) is 3.86. The van der Waals surface area contributed by atoms with Gasteiger partial charge in [-0.25, -0.2) is 9.18 Å². The highest BCUT2D eigenvalue weighted by Gasteiger charge is 2.15. The molecule has 0 radical (unpaired) electrons. The van der Waals surface area contributed by atoms with Gasteiger partial charge in [-0.15, -0.1) is 0 Å². The third kappa shape index (κ3) is 5.76. The normalized spacial score (nSPS) is 11.9. The fraction of sp³-hybridized carbons (Fsp3) is 0.316. The van der Waals surface area contributed by atoms with Crippen molar-refractivity contribution in [2.24, 2.45) is 0 Å². The number of hydrogen-bond donors (Lipinski definition) is 3. The predicted molar refractivity (Wildman–Crippen MR) is 95.2 cm³/mol. The number of aliphatic hydroxyl groups excluding tert-OH is 1. The quantitative estimate of drug-likeness (QED) is 0.713. The van der Waals surface area contributed by atoms with E-state index in [2.05, 4.69) is 10.6 Å². The van der Waals surface area contributed by atoms with Crippen LogP contribution in [-0.2, 0) is 0 Å². The van der Waals surface area contributed by atoms with Gasteiger partial charge in [0.25, 0.3) is 0 Å². The molecule has 3 N–H and O–H groups in total. The Morgan fingerprint density at radius 3 is 2.52 bits per heavy atom. The number of nitrogens with one attached hydrogen (secondary N) is 2. The van der Waals surface area contributed by atoms with Crippen LogP contribution in [0.2, 0.25) is 0 Å². The van der Waals surface area contributed by atoms with E-state index in [1.807, 2.05) is 44.2 Å². The first-order valence-corrected chi connectivity index (χ1v) is 8.19. The minimum Gasteiger partial charge on any atom is -0.491 e. The fourth-order valence-corrected chi connectivity index (χ4v) is 2.40. The number of aliphatic hydroxyl groups is 1. The smallest absolute Gasteiger partial charge is 0.319 e. The van der Waals surface area contributed by atoms with Gasteiger partial charge in [-0.2, -0.15) is 0 Å². The molecule has 2 aromatic rings. The van der Waals surface area contributed by atoms with Gasteiger partial charge in [0.05, 0.1) is 17.8 Å². The van der Waals surface area contributed by atoms with E-state index in [1.165, 1.54) is 12.1 Å². The Labute approximate surface area is 146 Å². The highest BCUT2D eigenvalue weighted by atomic mass is 19.1. The Bertz CT molecular complexity index is 692. The topological polar surface area (TPSA) is 70.6 Å². The summed E-state index contributed by atoms with van der Waals surface area (Å²) >= 11 is 0. The molecule has 0 aliphatic carbocycles. The summed E-state index contributed by atoms with van der Waals surface area (Å²) in [7, 11) is 0. The summed E-state index contributed by atoms with van der Waals surface area (Å²) in [5, 5.41) is 14.4. The van der Waals surface area contributed by atoms with Crippen molar-refractivity contribution in [2.75, 3.05) is 11.9 Å². The van der Waals surface area contributed by atoms with Gasteiger partial charge in [-0.05, 0) is 38.0 Å². The first-order chi connectivity index (χ1) is 12.0. The van der Waals surface area contributed by atoms with Crippen LogP contribution in [0.4, 0.5) is 14.9 Å². The Morgan fingerprint density at radius 2 is 1.92 bits per heavy atom. The summed E-state index contributed by atoms with van der Waals surface area (Å²) in [5.74, 6) is -0.173. The van der Waals surface area contributed by atoms with Crippen molar-refractivity contribution in [1.29, 1.82) is 0 Å². The molecule has 0 saturated heterocycles. The van der Waals surface area contributed by atoms with Crippen LogP contribution in [0.25, 0.3) is 0 Å². The van der Waals surface area contributed by atoms with Crippen molar-refractivity contribution >= 4 is 11.7 Å². The molecule has 0 aromatic heterocycles. The lowest BCUT2D eigenvalue weighted by molar-refractivity contribution is 0.238. The highest BCUT2D eigenvalue weighted by Crippen LogP contribution is 2.22. The number of amides is 2. The number of carbonyl (C=O) groups excluding carboxylic acids is 1. The summed E-state index contributed by atoms with van der Waals surface area (Å²) in [4.78, 5) is 12.2. The van der Waals surface area contributed by atoms with Crippen LogP contribution in [0.15, 0.2) is 48.5 Å². The van der Waals surface area contributed by atoms with E-state index in [9.17, 15) is 14.3 Å². The maximum absolute atomic E-state index is 14.1. The molecule has 0 aliphatic rings. The standard InChI is InChI=1S/C19H23FN2O3/c1-13(2)25-15-8-9-18(16(20)12-15)22-19(24)21-17(10-11-23)14-6-4-3-5-7-14/h3-9,12-13,17,23H,10-11H2,1-2H3,(H2,21,22,24)/t17-/m1/s1. The molecule has 0 heterocycles. The van der Waals surface area contributed by atoms with Crippen LogP contribution in [-0.4, -0.2) is 23.8 Å². The van der Waals surface area contributed by atoms with E-state index in [-0.39, 0.29) is 24.4 Å². The lowest BCUT2D eigenvalue weighted by Crippen LogP contribution is -2.33. The van der Waals surface area contributed by atoms with Crippen molar-refractivity contribution in [3.63, 3.8) is 0 Å². The van der Waals surface area contributed by atoms with Crippen LogP contribution in [0.5, 0.6) is 5.75 Å². The molecule has 134 valence electrons. The van der Waals surface area contributed by atoms with Gasteiger partial charge in [0.1, 0.15) is 11.6 Å². The van der Waals surface area contributed by atoms with E-state index in [1.54, 1.807) is 6.07 Å². The van der Waals surface area contributed by atoms with Gasteiger partial charge in [-0.3, -0.25) is 0 Å². The van der Waals surface area contributed by atoms with Gasteiger partial charge < -0.3 is 20.5 Å². The zero-order valence-electron chi connectivity index (χ0n) is 14.3. The Hall–Kier alpha value is -2.60. The number of ether oxygens (including phenoxy) is 1. The van der Waals surface area contributed by atoms with Crippen molar-refractivity contribution in [1.82, 2.24) is 5.32 Å². The summed E-state index contributed by atoms with van der Waals surface area (Å²) in [5.41, 5.74) is 0.928. The second-order valence-electron chi connectivity index (χ2n) is 5.88. The molecule has 0 bridgehead atoms. The molecular formula is C19H23FN2O3. The second-order valence-corrected chi connectivity index (χ2v) is 5.88. The fourth-order valence-electron chi connectivity index (χ4n) is 2.40. The molecule has 0 saturated carbocycles. The first kappa shape index (κ1) is 18.7. The molecule has 0 aliphatic heterocycles. The van der Waals surface area contributed by atoms with Crippen molar-refractivity contribution in [3.8, 4) is 5.75 Å². The summed E-state index contributed by atoms with van der Waals surface area (Å²) in [6.07, 6.45) is 0.299. The summed E-state index contributed by atoms with van der Waals surface area (Å²) in [6, 6.07) is 12.7. The van der Waals surface area contributed by atoms with Gasteiger partial charge >= 0.3 is 6.03 Å². The van der Waals surface area contributed by atoms with Crippen molar-refractivity contribution in [2.45, 2.75) is 32.4 Å². The SMILES string of the molecule is CC(C)Oc1ccc(NC(=O)N[C@H](CCO)c2ccccc2)c(F)c1. The monoisotopic (exact) mass is 346 g/mol. The molecule has 25 heavy (non-hydrogen) atoms. The number of carbonyl (C=O) groups is 1. The molecule has 2 aromatic carbocycles. The molecule has 0 spiro atoms. The number of halogens is 1. The van der Waals surface area contributed by atoms with Crippen molar-refractivity contribution in [3.05, 3.63) is 59.9 Å². The van der Waals surface area contributed by atoms with Crippen LogP contribution in [0.3, 0.4) is 0 Å². The molecule has 0 fully saturated rings. The molecule has 1 atom stereocenters. The van der Waals surface area contributed by atoms with Gasteiger partial charge in [0.2, 0.25) is 0 Å². The zero-order valence-corrected chi connectivity index (χ0v) is 14.3. The minimum absolute atomic E-state index is 0.0596.